The first-order valence-corrected chi connectivity index (χ1v) is 3.72. The molecular formula is C8H17NO3. The molecule has 4 nitrogen and oxygen atoms in total. The summed E-state index contributed by atoms with van der Waals surface area (Å²) in [4.78, 5) is 11.2. The van der Waals surface area contributed by atoms with Gasteiger partial charge < -0.3 is 15.2 Å². The van der Waals surface area contributed by atoms with Crippen molar-refractivity contribution >= 4 is 5.97 Å². The summed E-state index contributed by atoms with van der Waals surface area (Å²) in [7, 11) is -0.198. The topological polar surface area (TPSA) is 61.5 Å². The van der Waals surface area contributed by atoms with Crippen LogP contribution in [0.5, 0.6) is 0 Å². The van der Waals surface area contributed by atoms with Crippen molar-refractivity contribution in [2.45, 2.75) is 32.4 Å². The van der Waals surface area contributed by atoms with Gasteiger partial charge in [-0.25, -0.2) is 0 Å². The van der Waals surface area contributed by atoms with Gasteiger partial charge in [0.2, 0.25) is 0 Å². The molecule has 0 bridgehead atoms. The standard InChI is InChI=1S/C8H17NO3/c1-8(2,3)12-7(10)6(9)5-11-4/h6H,5,9H2,1-4H3/t6-/m0/s1/i4D. The SMILES string of the molecule is [2H]COC[C@H](N)C(=O)OC(C)(C)C. The molecular weight excluding hydrogens is 158 g/mol. The smallest absolute Gasteiger partial charge is 0.325 e. The minimum absolute atomic E-state index is 0.0262. The molecule has 0 saturated carbocycles. The molecule has 0 heterocycles. The highest BCUT2D eigenvalue weighted by atomic mass is 16.6. The summed E-state index contributed by atoms with van der Waals surface area (Å²) in [6.45, 7) is 5.33. The van der Waals surface area contributed by atoms with E-state index in [2.05, 4.69) is 4.74 Å². The zero-order valence-electron chi connectivity index (χ0n) is 8.79. The van der Waals surface area contributed by atoms with Gasteiger partial charge in [0.1, 0.15) is 11.6 Å². The maximum absolute atomic E-state index is 11.2. The maximum Gasteiger partial charge on any atom is 0.325 e. The second-order valence-corrected chi connectivity index (χ2v) is 3.51. The number of hydrogen-bond donors (Lipinski definition) is 1. The fourth-order valence-electron chi connectivity index (χ4n) is 0.572. The van der Waals surface area contributed by atoms with E-state index in [1.54, 1.807) is 20.8 Å². The van der Waals surface area contributed by atoms with E-state index < -0.39 is 17.6 Å². The molecule has 0 aliphatic heterocycles. The van der Waals surface area contributed by atoms with Gasteiger partial charge in [0.05, 0.1) is 7.98 Å². The Labute approximate surface area is 74.4 Å². The molecule has 0 rings (SSSR count). The van der Waals surface area contributed by atoms with Gasteiger partial charge in [0.15, 0.2) is 0 Å². The Morgan fingerprint density at radius 1 is 1.67 bits per heavy atom. The van der Waals surface area contributed by atoms with Crippen LogP contribution in [0.1, 0.15) is 22.1 Å². The van der Waals surface area contributed by atoms with Crippen molar-refractivity contribution in [2.24, 2.45) is 5.73 Å². The van der Waals surface area contributed by atoms with Crippen molar-refractivity contribution in [3.8, 4) is 0 Å². The van der Waals surface area contributed by atoms with E-state index in [0.717, 1.165) is 0 Å². The third-order valence-electron chi connectivity index (χ3n) is 1.01. The number of ether oxygens (including phenoxy) is 2. The molecule has 0 aromatic heterocycles. The van der Waals surface area contributed by atoms with Crippen LogP contribution in [-0.2, 0) is 14.3 Å². The molecule has 72 valence electrons. The second-order valence-electron chi connectivity index (χ2n) is 3.51. The van der Waals surface area contributed by atoms with E-state index in [9.17, 15) is 4.79 Å². The Kier molecular flexibility index (Phi) is 3.49. The minimum atomic E-state index is -0.801. The summed E-state index contributed by atoms with van der Waals surface area (Å²) in [5.74, 6) is -0.499. The molecule has 0 saturated heterocycles. The van der Waals surface area contributed by atoms with Crippen molar-refractivity contribution in [1.29, 1.82) is 0 Å². The van der Waals surface area contributed by atoms with Crippen molar-refractivity contribution in [3.05, 3.63) is 0 Å². The molecule has 0 aromatic rings. The lowest BCUT2D eigenvalue weighted by Crippen LogP contribution is -2.40. The van der Waals surface area contributed by atoms with Gasteiger partial charge in [-0.2, -0.15) is 0 Å². The summed E-state index contributed by atoms with van der Waals surface area (Å²) in [5.41, 5.74) is 4.90. The Morgan fingerprint density at radius 2 is 2.25 bits per heavy atom. The van der Waals surface area contributed by atoms with Gasteiger partial charge >= 0.3 is 5.97 Å². The van der Waals surface area contributed by atoms with Gasteiger partial charge in [-0.15, -0.1) is 0 Å². The number of carbonyl (C=O) groups excluding carboxylic acids is 1. The van der Waals surface area contributed by atoms with Gasteiger partial charge in [0.25, 0.3) is 0 Å². The van der Waals surface area contributed by atoms with E-state index in [4.69, 9.17) is 11.8 Å². The number of hydrogen-bond acceptors (Lipinski definition) is 4. The Hall–Kier alpha value is -0.610. The molecule has 12 heavy (non-hydrogen) atoms. The van der Waals surface area contributed by atoms with Crippen LogP contribution in [0.2, 0.25) is 0 Å². The number of rotatable bonds is 3. The first-order chi connectivity index (χ1) is 5.87. The predicted molar refractivity (Wildman–Crippen MR) is 45.7 cm³/mol. The summed E-state index contributed by atoms with van der Waals surface area (Å²) >= 11 is 0. The lowest BCUT2D eigenvalue weighted by atomic mass is 10.2. The molecule has 0 aliphatic rings. The zero-order chi connectivity index (χ0) is 10.5. The number of methoxy groups -OCH3 is 1. The molecule has 0 fully saturated rings. The van der Waals surface area contributed by atoms with Gasteiger partial charge in [-0.05, 0) is 20.8 Å². The highest BCUT2D eigenvalue weighted by Crippen LogP contribution is 2.07. The Balaban J connectivity index is 3.83. The average molecular weight is 176 g/mol. The molecule has 0 aliphatic carbocycles. The third kappa shape index (κ3) is 5.09. The van der Waals surface area contributed by atoms with Crippen molar-refractivity contribution in [2.75, 3.05) is 13.7 Å². The van der Waals surface area contributed by atoms with Crippen LogP contribution < -0.4 is 5.73 Å². The summed E-state index contributed by atoms with van der Waals surface area (Å²) in [6.07, 6.45) is 0. The molecule has 0 amide bonds. The van der Waals surface area contributed by atoms with E-state index >= 15 is 0 Å². The molecule has 1 atom stereocenters. The highest BCUT2D eigenvalue weighted by Gasteiger charge is 2.21. The largest absolute Gasteiger partial charge is 0.459 e. The van der Waals surface area contributed by atoms with Crippen LogP contribution in [-0.4, -0.2) is 31.3 Å². The highest BCUT2D eigenvalue weighted by molar-refractivity contribution is 5.76. The lowest BCUT2D eigenvalue weighted by molar-refractivity contribution is -0.157. The fourth-order valence-corrected chi connectivity index (χ4v) is 0.572. The maximum atomic E-state index is 11.2. The monoisotopic (exact) mass is 176 g/mol. The van der Waals surface area contributed by atoms with Crippen molar-refractivity contribution < 1.29 is 15.6 Å². The Morgan fingerprint density at radius 3 is 2.67 bits per heavy atom. The van der Waals surface area contributed by atoms with Crippen LogP contribution in [0, 0.1) is 0 Å². The van der Waals surface area contributed by atoms with Crippen LogP contribution in [0.15, 0.2) is 0 Å². The summed E-state index contributed by atoms with van der Waals surface area (Å²) in [6, 6.07) is -0.801. The first-order valence-electron chi connectivity index (χ1n) is 4.43. The van der Waals surface area contributed by atoms with Gasteiger partial charge in [-0.3, -0.25) is 4.79 Å². The number of esters is 1. The van der Waals surface area contributed by atoms with Gasteiger partial charge in [0, 0.05) is 7.09 Å². The average Bonchev–Trinajstić information content (AvgIpc) is 1.96. The molecule has 0 unspecified atom stereocenters. The van der Waals surface area contributed by atoms with Crippen LogP contribution in [0.3, 0.4) is 0 Å². The zero-order valence-corrected chi connectivity index (χ0v) is 7.79. The van der Waals surface area contributed by atoms with Crippen molar-refractivity contribution in [1.82, 2.24) is 0 Å². The number of carbonyl (C=O) groups is 1. The summed E-state index contributed by atoms with van der Waals surface area (Å²) < 4.78 is 16.4. The number of nitrogens with two attached hydrogens (primary N) is 1. The molecule has 0 aromatic carbocycles. The predicted octanol–water partition coefficient (Wildman–Crippen LogP) is 0.302. The van der Waals surface area contributed by atoms with Crippen LogP contribution in [0.25, 0.3) is 0 Å². The van der Waals surface area contributed by atoms with E-state index in [-0.39, 0.29) is 13.7 Å². The third-order valence-corrected chi connectivity index (χ3v) is 1.01. The van der Waals surface area contributed by atoms with Crippen LogP contribution in [0.4, 0.5) is 0 Å². The second kappa shape index (κ2) is 4.42. The van der Waals surface area contributed by atoms with E-state index in [1.807, 2.05) is 0 Å². The fraction of sp³-hybridized carbons (Fsp3) is 0.875. The lowest BCUT2D eigenvalue weighted by Gasteiger charge is -2.21. The Bertz CT molecular complexity index is 167. The molecule has 0 radical (unpaired) electrons. The molecule has 0 spiro atoms. The normalized spacial score (nSPS) is 15.2. The first kappa shape index (κ1) is 9.48. The van der Waals surface area contributed by atoms with E-state index in [0.29, 0.717) is 0 Å². The molecule has 2 N–H and O–H groups in total. The summed E-state index contributed by atoms with van der Waals surface area (Å²) in [5, 5.41) is 0. The molecule has 4 heteroatoms. The quantitative estimate of drug-likeness (QED) is 0.628. The minimum Gasteiger partial charge on any atom is -0.459 e. The van der Waals surface area contributed by atoms with Crippen LogP contribution >= 0.6 is 0 Å². The van der Waals surface area contributed by atoms with Gasteiger partial charge in [-0.1, -0.05) is 0 Å². The van der Waals surface area contributed by atoms with Crippen molar-refractivity contribution in [3.63, 3.8) is 0 Å². The van der Waals surface area contributed by atoms with E-state index in [1.165, 1.54) is 0 Å².